The number of amides is 1. The van der Waals surface area contributed by atoms with Crippen molar-refractivity contribution in [3.8, 4) is 0 Å². The molecule has 2 heterocycles. The molecular weight excluding hydrogens is 367 g/mol. The SMILES string of the molecule is CCNc1cc(Cc2ccc3c(c2)CN(C)C3=O)nc2c1C(C(F)(F)F)=CC2. The van der Waals surface area contributed by atoms with E-state index in [1.165, 1.54) is 6.08 Å². The molecule has 1 aliphatic heterocycles. The first-order valence-electron chi connectivity index (χ1n) is 9.19. The Balaban J connectivity index is 1.67. The van der Waals surface area contributed by atoms with E-state index in [2.05, 4.69) is 10.3 Å². The highest BCUT2D eigenvalue weighted by Crippen LogP contribution is 2.43. The molecule has 1 aromatic heterocycles. The minimum atomic E-state index is -4.39. The van der Waals surface area contributed by atoms with Gasteiger partial charge in [-0.2, -0.15) is 13.2 Å². The van der Waals surface area contributed by atoms with Gasteiger partial charge in [0.25, 0.3) is 5.91 Å². The van der Waals surface area contributed by atoms with Crippen LogP contribution in [0.25, 0.3) is 5.57 Å². The van der Waals surface area contributed by atoms with Gasteiger partial charge in [-0.3, -0.25) is 9.78 Å². The molecule has 2 aliphatic rings. The minimum absolute atomic E-state index is 0.0115. The Kier molecular flexibility index (Phi) is 4.40. The number of fused-ring (bicyclic) bond motifs is 2. The molecule has 2 aromatic rings. The van der Waals surface area contributed by atoms with Crippen molar-refractivity contribution in [3.05, 3.63) is 64.0 Å². The van der Waals surface area contributed by atoms with Crippen molar-refractivity contribution in [1.82, 2.24) is 9.88 Å². The molecule has 0 atom stereocenters. The van der Waals surface area contributed by atoms with Gasteiger partial charge in [0.1, 0.15) is 0 Å². The van der Waals surface area contributed by atoms with Gasteiger partial charge in [0, 0.05) is 55.5 Å². The summed E-state index contributed by atoms with van der Waals surface area (Å²) in [4.78, 5) is 18.2. The van der Waals surface area contributed by atoms with Crippen LogP contribution in [-0.4, -0.2) is 35.6 Å². The van der Waals surface area contributed by atoms with Gasteiger partial charge in [-0.25, -0.2) is 0 Å². The number of hydrogen-bond acceptors (Lipinski definition) is 3. The Bertz CT molecular complexity index is 995. The molecule has 0 radical (unpaired) electrons. The molecule has 0 bridgehead atoms. The zero-order valence-corrected chi connectivity index (χ0v) is 15.7. The van der Waals surface area contributed by atoms with Crippen LogP contribution in [0.4, 0.5) is 18.9 Å². The molecule has 0 saturated carbocycles. The van der Waals surface area contributed by atoms with Gasteiger partial charge in [0.2, 0.25) is 0 Å². The van der Waals surface area contributed by atoms with Gasteiger partial charge in [-0.05, 0) is 30.2 Å². The number of pyridine rings is 1. The number of carbonyl (C=O) groups is 1. The third-order valence-corrected chi connectivity index (χ3v) is 5.13. The van der Waals surface area contributed by atoms with Gasteiger partial charge in [0.15, 0.2) is 0 Å². The van der Waals surface area contributed by atoms with E-state index < -0.39 is 11.7 Å². The Hall–Kier alpha value is -2.83. The largest absolute Gasteiger partial charge is 0.416 e. The molecule has 28 heavy (non-hydrogen) atoms. The second-order valence-electron chi connectivity index (χ2n) is 7.16. The van der Waals surface area contributed by atoms with Crippen LogP contribution in [0.3, 0.4) is 0 Å². The summed E-state index contributed by atoms with van der Waals surface area (Å²) in [7, 11) is 1.76. The molecule has 0 unspecified atom stereocenters. The zero-order valence-electron chi connectivity index (χ0n) is 15.7. The standard InChI is InChI=1S/C21H20F3N3O/c1-3-25-18-10-14(26-17-7-6-16(19(17)18)21(22,23)24)9-12-4-5-15-13(8-12)11-27(2)20(15)28/h4-6,8,10H,3,7,9,11H2,1-2H3,(H,25,26). The van der Waals surface area contributed by atoms with Crippen molar-refractivity contribution < 1.29 is 18.0 Å². The normalized spacial score (nSPS) is 15.5. The summed E-state index contributed by atoms with van der Waals surface area (Å²) in [5, 5.41) is 3.06. The molecule has 7 heteroatoms. The van der Waals surface area contributed by atoms with Crippen molar-refractivity contribution in [1.29, 1.82) is 0 Å². The quantitative estimate of drug-likeness (QED) is 0.856. The fraction of sp³-hybridized carbons (Fsp3) is 0.333. The summed E-state index contributed by atoms with van der Waals surface area (Å²) in [6, 6.07) is 7.39. The second kappa shape index (κ2) is 6.65. The summed E-state index contributed by atoms with van der Waals surface area (Å²) < 4.78 is 40.0. The summed E-state index contributed by atoms with van der Waals surface area (Å²) >= 11 is 0. The number of benzene rings is 1. The Labute approximate surface area is 161 Å². The molecular formula is C21H20F3N3O. The van der Waals surface area contributed by atoms with E-state index in [9.17, 15) is 18.0 Å². The fourth-order valence-corrected chi connectivity index (χ4v) is 3.92. The maximum Gasteiger partial charge on any atom is 0.416 e. The predicted octanol–water partition coefficient (Wildman–Crippen LogP) is 4.19. The van der Waals surface area contributed by atoms with E-state index in [4.69, 9.17) is 0 Å². The highest BCUT2D eigenvalue weighted by molar-refractivity contribution is 5.98. The third-order valence-electron chi connectivity index (χ3n) is 5.13. The Morgan fingerprint density at radius 1 is 1.25 bits per heavy atom. The van der Waals surface area contributed by atoms with Gasteiger partial charge in [-0.1, -0.05) is 18.2 Å². The topological polar surface area (TPSA) is 45.2 Å². The second-order valence-corrected chi connectivity index (χ2v) is 7.16. The summed E-state index contributed by atoms with van der Waals surface area (Å²) in [5.74, 6) is 0.0115. The first-order chi connectivity index (χ1) is 13.3. The van der Waals surface area contributed by atoms with Gasteiger partial charge in [0.05, 0.1) is 11.3 Å². The predicted molar refractivity (Wildman–Crippen MR) is 101 cm³/mol. The summed E-state index contributed by atoms with van der Waals surface area (Å²) in [6.45, 7) is 2.95. The van der Waals surface area contributed by atoms with Crippen LogP contribution < -0.4 is 5.32 Å². The average molecular weight is 387 g/mol. The van der Waals surface area contributed by atoms with Crippen LogP contribution in [-0.2, 0) is 19.4 Å². The number of nitrogens with one attached hydrogen (secondary N) is 1. The van der Waals surface area contributed by atoms with Crippen molar-refractivity contribution in [3.63, 3.8) is 0 Å². The Morgan fingerprint density at radius 2 is 2.04 bits per heavy atom. The average Bonchev–Trinajstić information content (AvgIpc) is 3.17. The zero-order chi connectivity index (χ0) is 20.1. The monoisotopic (exact) mass is 387 g/mol. The molecule has 1 aliphatic carbocycles. The van der Waals surface area contributed by atoms with Crippen LogP contribution >= 0.6 is 0 Å². The van der Waals surface area contributed by atoms with Crippen LogP contribution in [0.1, 0.15) is 45.4 Å². The van der Waals surface area contributed by atoms with Crippen LogP contribution in [0.5, 0.6) is 0 Å². The Morgan fingerprint density at radius 3 is 2.75 bits per heavy atom. The summed E-state index contributed by atoms with van der Waals surface area (Å²) in [5.41, 5.74) is 3.86. The lowest BCUT2D eigenvalue weighted by Gasteiger charge is -2.16. The van der Waals surface area contributed by atoms with Crippen LogP contribution in [0.15, 0.2) is 30.3 Å². The highest BCUT2D eigenvalue weighted by atomic mass is 19.4. The van der Waals surface area contributed by atoms with Gasteiger partial charge >= 0.3 is 6.18 Å². The molecule has 4 nitrogen and oxygen atoms in total. The smallest absolute Gasteiger partial charge is 0.385 e. The van der Waals surface area contributed by atoms with Crippen molar-refractivity contribution in [2.45, 2.75) is 32.5 Å². The fourth-order valence-electron chi connectivity index (χ4n) is 3.92. The maximum absolute atomic E-state index is 13.3. The van der Waals surface area contributed by atoms with E-state index in [1.54, 1.807) is 18.0 Å². The van der Waals surface area contributed by atoms with Crippen LogP contribution in [0, 0.1) is 0 Å². The number of carbonyl (C=O) groups excluding carboxylic acids is 1. The molecule has 1 N–H and O–H groups in total. The van der Waals surface area contributed by atoms with E-state index in [0.29, 0.717) is 42.1 Å². The van der Waals surface area contributed by atoms with E-state index in [0.717, 1.165) is 11.1 Å². The van der Waals surface area contributed by atoms with Crippen molar-refractivity contribution in [2.24, 2.45) is 0 Å². The number of aromatic nitrogens is 1. The molecule has 0 fully saturated rings. The molecule has 4 rings (SSSR count). The molecule has 0 spiro atoms. The van der Waals surface area contributed by atoms with E-state index in [-0.39, 0.29) is 17.9 Å². The first kappa shape index (κ1) is 18.5. The molecule has 1 amide bonds. The highest BCUT2D eigenvalue weighted by Gasteiger charge is 2.40. The number of allylic oxidation sites excluding steroid dienone is 2. The van der Waals surface area contributed by atoms with E-state index in [1.807, 2.05) is 25.1 Å². The lowest BCUT2D eigenvalue weighted by molar-refractivity contribution is -0.0687. The molecule has 1 aromatic carbocycles. The number of rotatable bonds is 4. The number of hydrogen-bond donors (Lipinski definition) is 1. The number of alkyl halides is 3. The maximum atomic E-state index is 13.3. The van der Waals surface area contributed by atoms with Crippen molar-refractivity contribution >= 4 is 17.2 Å². The first-order valence-corrected chi connectivity index (χ1v) is 9.19. The lowest BCUT2D eigenvalue weighted by atomic mass is 10.0. The van der Waals surface area contributed by atoms with Crippen molar-refractivity contribution in [2.75, 3.05) is 18.9 Å². The van der Waals surface area contributed by atoms with Gasteiger partial charge in [-0.15, -0.1) is 0 Å². The minimum Gasteiger partial charge on any atom is -0.385 e. The summed E-state index contributed by atoms with van der Waals surface area (Å²) in [6.07, 6.45) is -2.51. The number of anilines is 1. The van der Waals surface area contributed by atoms with Gasteiger partial charge < -0.3 is 10.2 Å². The van der Waals surface area contributed by atoms with E-state index >= 15 is 0 Å². The number of halogens is 3. The molecule has 146 valence electrons. The van der Waals surface area contributed by atoms with Crippen LogP contribution in [0.2, 0.25) is 0 Å². The third kappa shape index (κ3) is 3.15. The molecule has 0 saturated heterocycles. The lowest BCUT2D eigenvalue weighted by Crippen LogP contribution is -2.17. The number of nitrogens with zero attached hydrogens (tertiary/aromatic N) is 2.